The Morgan fingerprint density at radius 1 is 1.17 bits per heavy atom. The third kappa shape index (κ3) is 7.12. The van der Waals surface area contributed by atoms with Gasteiger partial charge in [-0.15, -0.1) is 0 Å². The number of nitrogens with zero attached hydrogens (tertiary/aromatic N) is 3. The first-order valence-electron chi connectivity index (χ1n) is 11.4. The van der Waals surface area contributed by atoms with E-state index in [1.54, 1.807) is 16.6 Å². The highest BCUT2D eigenvalue weighted by molar-refractivity contribution is 5.95. The van der Waals surface area contributed by atoms with Crippen LogP contribution in [0.25, 0.3) is 0 Å². The molecule has 2 amide bonds. The van der Waals surface area contributed by atoms with Crippen LogP contribution in [0.3, 0.4) is 0 Å². The Morgan fingerprint density at radius 2 is 1.86 bits per heavy atom. The van der Waals surface area contributed by atoms with E-state index in [2.05, 4.69) is 10.4 Å². The Kier molecular flexibility index (Phi) is 7.97. The number of ether oxygens (including phenoxy) is 2. The molecule has 0 unspecified atom stereocenters. The van der Waals surface area contributed by atoms with Crippen molar-refractivity contribution in [1.29, 1.82) is 0 Å². The smallest absolute Gasteiger partial charge is 0.416 e. The lowest BCUT2D eigenvalue weighted by Gasteiger charge is -2.33. The Morgan fingerprint density at radius 3 is 2.49 bits per heavy atom. The zero-order valence-corrected chi connectivity index (χ0v) is 20.3. The van der Waals surface area contributed by atoms with Gasteiger partial charge >= 0.3 is 12.3 Å². The van der Waals surface area contributed by atoms with Crippen LogP contribution >= 0.6 is 0 Å². The van der Waals surface area contributed by atoms with E-state index >= 15 is 0 Å². The standard InChI is InChI=1S/C24H31F3N4O4/c1-23(2,3)35-22(33)31-11-8-16(9-12-31)20-19(15-29-30(20)4)21(32)28-10-13-34-18-7-5-6-17(14-18)24(25,26)27/h5-7,14-16H,8-13H2,1-4H3,(H,28,32). The van der Waals surface area contributed by atoms with Crippen LogP contribution in [0.1, 0.15) is 61.1 Å². The third-order valence-electron chi connectivity index (χ3n) is 5.58. The van der Waals surface area contributed by atoms with E-state index in [4.69, 9.17) is 9.47 Å². The van der Waals surface area contributed by atoms with E-state index in [1.165, 1.54) is 18.3 Å². The molecule has 1 saturated heterocycles. The largest absolute Gasteiger partial charge is 0.492 e. The molecule has 1 N–H and O–H groups in total. The van der Waals surface area contributed by atoms with Crippen molar-refractivity contribution in [3.05, 3.63) is 47.3 Å². The summed E-state index contributed by atoms with van der Waals surface area (Å²) >= 11 is 0. The van der Waals surface area contributed by atoms with Crippen molar-refractivity contribution >= 4 is 12.0 Å². The number of hydrogen-bond acceptors (Lipinski definition) is 5. The lowest BCUT2D eigenvalue weighted by Crippen LogP contribution is -2.41. The van der Waals surface area contributed by atoms with Gasteiger partial charge in [0.2, 0.25) is 0 Å². The Bertz CT molecular complexity index is 1040. The van der Waals surface area contributed by atoms with Gasteiger partial charge < -0.3 is 19.7 Å². The summed E-state index contributed by atoms with van der Waals surface area (Å²) in [6.45, 7) is 6.61. The molecule has 0 spiro atoms. The van der Waals surface area contributed by atoms with Crippen LogP contribution in [-0.2, 0) is 18.0 Å². The fourth-order valence-electron chi connectivity index (χ4n) is 3.96. The maximum atomic E-state index is 12.8. The van der Waals surface area contributed by atoms with Crippen molar-refractivity contribution in [2.24, 2.45) is 7.05 Å². The minimum atomic E-state index is -4.45. The predicted octanol–water partition coefficient (Wildman–Crippen LogP) is 4.36. The number of halogens is 3. The van der Waals surface area contributed by atoms with Crippen LogP contribution in [0.15, 0.2) is 30.5 Å². The van der Waals surface area contributed by atoms with Crippen molar-refractivity contribution in [2.45, 2.75) is 51.3 Å². The highest BCUT2D eigenvalue weighted by Gasteiger charge is 2.32. The minimum Gasteiger partial charge on any atom is -0.492 e. The third-order valence-corrected chi connectivity index (χ3v) is 5.58. The molecule has 1 fully saturated rings. The number of hydrogen-bond donors (Lipinski definition) is 1. The molecule has 1 aromatic heterocycles. The highest BCUT2D eigenvalue weighted by atomic mass is 19.4. The van der Waals surface area contributed by atoms with Gasteiger partial charge in [-0.2, -0.15) is 18.3 Å². The number of carbonyl (C=O) groups excluding carboxylic acids is 2. The van der Waals surface area contributed by atoms with Gasteiger partial charge in [-0.05, 0) is 51.8 Å². The van der Waals surface area contributed by atoms with Crippen LogP contribution in [0.4, 0.5) is 18.0 Å². The molecule has 35 heavy (non-hydrogen) atoms. The molecule has 0 atom stereocenters. The molecule has 192 valence electrons. The average Bonchev–Trinajstić information content (AvgIpc) is 3.16. The maximum Gasteiger partial charge on any atom is 0.416 e. The second-order valence-electron chi connectivity index (χ2n) is 9.44. The van der Waals surface area contributed by atoms with E-state index in [9.17, 15) is 22.8 Å². The van der Waals surface area contributed by atoms with Crippen molar-refractivity contribution in [1.82, 2.24) is 20.0 Å². The lowest BCUT2D eigenvalue weighted by molar-refractivity contribution is -0.137. The molecule has 2 aromatic rings. The second-order valence-corrected chi connectivity index (χ2v) is 9.44. The average molecular weight is 497 g/mol. The number of benzene rings is 1. The Hall–Kier alpha value is -3.24. The van der Waals surface area contributed by atoms with Crippen molar-refractivity contribution in [3.63, 3.8) is 0 Å². The molecule has 0 aliphatic carbocycles. The number of likely N-dealkylation sites (tertiary alicyclic amines) is 1. The van der Waals surface area contributed by atoms with Gasteiger partial charge in [0, 0.05) is 26.1 Å². The molecule has 0 saturated carbocycles. The number of amides is 2. The fourth-order valence-corrected chi connectivity index (χ4v) is 3.96. The van der Waals surface area contributed by atoms with E-state index in [1.807, 2.05) is 20.8 Å². The summed E-state index contributed by atoms with van der Waals surface area (Å²) in [6.07, 6.45) is -1.97. The lowest BCUT2D eigenvalue weighted by atomic mass is 9.91. The normalized spacial score (nSPS) is 15.1. The summed E-state index contributed by atoms with van der Waals surface area (Å²) in [4.78, 5) is 26.8. The first-order chi connectivity index (χ1) is 16.3. The molecular weight excluding hydrogens is 465 g/mol. The highest BCUT2D eigenvalue weighted by Crippen LogP contribution is 2.32. The van der Waals surface area contributed by atoms with E-state index in [0.29, 0.717) is 31.5 Å². The predicted molar refractivity (Wildman–Crippen MR) is 122 cm³/mol. The second kappa shape index (κ2) is 10.6. The zero-order valence-electron chi connectivity index (χ0n) is 20.3. The van der Waals surface area contributed by atoms with Crippen LogP contribution in [0.5, 0.6) is 5.75 Å². The van der Waals surface area contributed by atoms with Crippen LogP contribution in [0, 0.1) is 0 Å². The van der Waals surface area contributed by atoms with Crippen molar-refractivity contribution < 1.29 is 32.2 Å². The monoisotopic (exact) mass is 496 g/mol. The Balaban J connectivity index is 1.53. The number of nitrogens with one attached hydrogen (secondary N) is 1. The van der Waals surface area contributed by atoms with E-state index in [0.717, 1.165) is 17.8 Å². The minimum absolute atomic E-state index is 0.0108. The fraction of sp³-hybridized carbons (Fsp3) is 0.542. The first-order valence-corrected chi connectivity index (χ1v) is 11.4. The molecule has 1 aliphatic heterocycles. The topological polar surface area (TPSA) is 85.7 Å². The molecule has 11 heteroatoms. The quantitative estimate of drug-likeness (QED) is 0.601. The van der Waals surface area contributed by atoms with Crippen LogP contribution < -0.4 is 10.1 Å². The first kappa shape index (κ1) is 26.4. The number of alkyl halides is 3. The van der Waals surface area contributed by atoms with E-state index < -0.39 is 17.3 Å². The SMILES string of the molecule is Cn1ncc(C(=O)NCCOc2cccc(C(F)(F)F)c2)c1C1CCN(C(=O)OC(C)(C)C)CC1. The summed E-state index contributed by atoms with van der Waals surface area (Å²) in [5.41, 5.74) is -0.143. The molecule has 3 rings (SSSR count). The van der Waals surface area contributed by atoms with Gasteiger partial charge in [-0.25, -0.2) is 4.79 Å². The number of rotatable bonds is 6. The van der Waals surface area contributed by atoms with Crippen LogP contribution in [-0.4, -0.2) is 58.5 Å². The maximum absolute atomic E-state index is 12.8. The molecule has 0 bridgehead atoms. The summed E-state index contributed by atoms with van der Waals surface area (Å²) in [5.74, 6) is -0.216. The van der Waals surface area contributed by atoms with Crippen molar-refractivity contribution in [2.75, 3.05) is 26.2 Å². The molecule has 1 aliphatic rings. The van der Waals surface area contributed by atoms with Gasteiger partial charge in [0.15, 0.2) is 0 Å². The molecular formula is C24H31F3N4O4. The van der Waals surface area contributed by atoms with Crippen LogP contribution in [0.2, 0.25) is 0 Å². The van der Waals surface area contributed by atoms with E-state index in [-0.39, 0.29) is 36.8 Å². The van der Waals surface area contributed by atoms with Gasteiger partial charge in [0.05, 0.1) is 29.6 Å². The summed E-state index contributed by atoms with van der Waals surface area (Å²) in [7, 11) is 1.77. The van der Waals surface area contributed by atoms with Crippen molar-refractivity contribution in [3.8, 4) is 5.75 Å². The summed E-state index contributed by atoms with van der Waals surface area (Å²) in [6, 6.07) is 4.59. The number of aryl methyl sites for hydroxylation is 1. The van der Waals surface area contributed by atoms with Gasteiger partial charge in [-0.1, -0.05) is 6.07 Å². The molecule has 0 radical (unpaired) electrons. The zero-order chi connectivity index (χ0) is 25.8. The molecule has 8 nitrogen and oxygen atoms in total. The van der Waals surface area contributed by atoms with Gasteiger partial charge in [0.25, 0.3) is 5.91 Å². The summed E-state index contributed by atoms with van der Waals surface area (Å²) in [5, 5.41) is 6.97. The number of carbonyl (C=O) groups is 2. The summed E-state index contributed by atoms with van der Waals surface area (Å²) < 4.78 is 50.9. The number of piperidine rings is 1. The molecule has 2 heterocycles. The van der Waals surface area contributed by atoms with Gasteiger partial charge in [-0.3, -0.25) is 9.48 Å². The van der Waals surface area contributed by atoms with Gasteiger partial charge in [0.1, 0.15) is 18.0 Å². The Labute approximate surface area is 202 Å². The molecule has 1 aromatic carbocycles. The number of aromatic nitrogens is 2.